The summed E-state index contributed by atoms with van der Waals surface area (Å²) in [6.07, 6.45) is 0. The van der Waals surface area contributed by atoms with Crippen LogP contribution in [0.25, 0.3) is 10.6 Å². The Morgan fingerprint density at radius 1 is 1.50 bits per heavy atom. The quantitative estimate of drug-likeness (QED) is 0.870. The second-order valence-electron chi connectivity index (χ2n) is 3.37. The molecular formula is C11H9FN2OS. The molecule has 82 valence electrons. The standard InChI is InChI=1S/C11H9FN2OS/c1-6-4-7(2-3-8(6)12)11-14-9(5-16-11)10(13)15/h2-5H,1H3,(H2,13,15). The maximum Gasteiger partial charge on any atom is 0.268 e. The minimum absolute atomic E-state index is 0.238. The number of aromatic nitrogens is 1. The lowest BCUT2D eigenvalue weighted by Crippen LogP contribution is -2.10. The minimum atomic E-state index is -0.554. The van der Waals surface area contributed by atoms with Gasteiger partial charge < -0.3 is 5.73 Å². The van der Waals surface area contributed by atoms with Gasteiger partial charge in [0.05, 0.1) is 0 Å². The van der Waals surface area contributed by atoms with Crippen LogP contribution in [0.1, 0.15) is 16.1 Å². The Balaban J connectivity index is 2.42. The highest BCUT2D eigenvalue weighted by Gasteiger charge is 2.09. The van der Waals surface area contributed by atoms with Crippen molar-refractivity contribution in [2.24, 2.45) is 5.73 Å². The molecule has 0 spiro atoms. The molecular weight excluding hydrogens is 227 g/mol. The number of aryl methyl sites for hydroxylation is 1. The normalized spacial score (nSPS) is 10.4. The van der Waals surface area contributed by atoms with Crippen molar-refractivity contribution in [2.75, 3.05) is 0 Å². The molecule has 3 nitrogen and oxygen atoms in total. The number of hydrogen-bond acceptors (Lipinski definition) is 3. The van der Waals surface area contributed by atoms with E-state index in [1.165, 1.54) is 17.4 Å². The van der Waals surface area contributed by atoms with Crippen molar-refractivity contribution in [3.05, 3.63) is 40.7 Å². The second kappa shape index (κ2) is 4.02. The molecule has 1 heterocycles. The zero-order valence-electron chi connectivity index (χ0n) is 8.53. The highest BCUT2D eigenvalue weighted by molar-refractivity contribution is 7.13. The molecule has 0 radical (unpaired) electrons. The highest BCUT2D eigenvalue weighted by Crippen LogP contribution is 2.25. The number of amides is 1. The number of nitrogens with two attached hydrogens (primary N) is 1. The van der Waals surface area contributed by atoms with Gasteiger partial charge in [-0.1, -0.05) is 0 Å². The molecule has 0 aliphatic carbocycles. The molecule has 0 saturated carbocycles. The fourth-order valence-corrected chi connectivity index (χ4v) is 2.10. The number of carbonyl (C=O) groups is 1. The first-order chi connectivity index (χ1) is 7.58. The first-order valence-electron chi connectivity index (χ1n) is 4.60. The van der Waals surface area contributed by atoms with Crippen molar-refractivity contribution >= 4 is 17.2 Å². The van der Waals surface area contributed by atoms with Gasteiger partial charge in [0.25, 0.3) is 5.91 Å². The first-order valence-corrected chi connectivity index (χ1v) is 5.48. The van der Waals surface area contributed by atoms with E-state index in [4.69, 9.17) is 5.73 Å². The van der Waals surface area contributed by atoms with E-state index in [0.29, 0.717) is 10.6 Å². The summed E-state index contributed by atoms with van der Waals surface area (Å²) in [4.78, 5) is 14.9. The average Bonchev–Trinajstić information content (AvgIpc) is 2.71. The van der Waals surface area contributed by atoms with Crippen molar-refractivity contribution in [3.8, 4) is 10.6 Å². The smallest absolute Gasteiger partial charge is 0.268 e. The van der Waals surface area contributed by atoms with Crippen LogP contribution < -0.4 is 5.73 Å². The summed E-state index contributed by atoms with van der Waals surface area (Å²) in [5.41, 5.74) is 6.68. The zero-order chi connectivity index (χ0) is 11.7. The fraction of sp³-hybridized carbons (Fsp3) is 0.0909. The summed E-state index contributed by atoms with van der Waals surface area (Å²) in [5.74, 6) is -0.809. The van der Waals surface area contributed by atoms with Gasteiger partial charge in [0.2, 0.25) is 0 Å². The number of primary amides is 1. The number of carbonyl (C=O) groups excluding carboxylic acids is 1. The third kappa shape index (κ3) is 1.94. The minimum Gasteiger partial charge on any atom is -0.364 e. The SMILES string of the molecule is Cc1cc(-c2nc(C(N)=O)cs2)ccc1F. The van der Waals surface area contributed by atoms with E-state index in [9.17, 15) is 9.18 Å². The van der Waals surface area contributed by atoms with Crippen molar-refractivity contribution in [1.29, 1.82) is 0 Å². The summed E-state index contributed by atoms with van der Waals surface area (Å²) < 4.78 is 13.1. The molecule has 1 amide bonds. The third-order valence-corrected chi connectivity index (χ3v) is 3.05. The van der Waals surface area contributed by atoms with E-state index in [0.717, 1.165) is 5.56 Å². The summed E-state index contributed by atoms with van der Waals surface area (Å²) in [5, 5.41) is 2.26. The fourth-order valence-electron chi connectivity index (χ4n) is 1.30. The van der Waals surface area contributed by atoms with Gasteiger partial charge in [-0.25, -0.2) is 9.37 Å². The van der Waals surface area contributed by atoms with Crippen LogP contribution in [0.2, 0.25) is 0 Å². The Labute approximate surface area is 95.7 Å². The molecule has 0 fully saturated rings. The molecule has 0 aliphatic rings. The zero-order valence-corrected chi connectivity index (χ0v) is 9.34. The predicted molar refractivity (Wildman–Crippen MR) is 60.8 cm³/mol. The van der Waals surface area contributed by atoms with Crippen LogP contribution in [0.5, 0.6) is 0 Å². The number of benzene rings is 1. The molecule has 16 heavy (non-hydrogen) atoms. The maximum absolute atomic E-state index is 13.1. The van der Waals surface area contributed by atoms with Crippen molar-refractivity contribution in [1.82, 2.24) is 4.98 Å². The van der Waals surface area contributed by atoms with Gasteiger partial charge in [-0.05, 0) is 30.7 Å². The van der Waals surface area contributed by atoms with Crippen LogP contribution in [0.4, 0.5) is 4.39 Å². The van der Waals surface area contributed by atoms with Crippen LogP contribution in [0, 0.1) is 12.7 Å². The van der Waals surface area contributed by atoms with Gasteiger partial charge in [0.15, 0.2) is 0 Å². The molecule has 1 aromatic carbocycles. The molecule has 2 rings (SSSR count). The number of thiazole rings is 1. The Morgan fingerprint density at radius 2 is 2.25 bits per heavy atom. The van der Waals surface area contributed by atoms with Crippen LogP contribution in [-0.2, 0) is 0 Å². The van der Waals surface area contributed by atoms with E-state index in [2.05, 4.69) is 4.98 Å². The average molecular weight is 236 g/mol. The summed E-state index contributed by atoms with van der Waals surface area (Å²) in [6, 6.07) is 4.71. The number of rotatable bonds is 2. The molecule has 5 heteroatoms. The van der Waals surface area contributed by atoms with Gasteiger partial charge in [0.1, 0.15) is 16.5 Å². The topological polar surface area (TPSA) is 56.0 Å². The molecule has 1 aromatic heterocycles. The lowest BCUT2D eigenvalue weighted by Gasteiger charge is -1.99. The Bertz CT molecular complexity index is 551. The van der Waals surface area contributed by atoms with Gasteiger partial charge in [-0.2, -0.15) is 0 Å². The van der Waals surface area contributed by atoms with Crippen molar-refractivity contribution in [3.63, 3.8) is 0 Å². The number of halogens is 1. The summed E-state index contributed by atoms with van der Waals surface area (Å²) in [7, 11) is 0. The number of hydrogen-bond donors (Lipinski definition) is 1. The van der Waals surface area contributed by atoms with Gasteiger partial charge in [-0.3, -0.25) is 4.79 Å². The third-order valence-electron chi connectivity index (χ3n) is 2.16. The van der Waals surface area contributed by atoms with E-state index in [-0.39, 0.29) is 11.5 Å². The molecule has 0 unspecified atom stereocenters. The Kier molecular flexibility index (Phi) is 2.70. The Morgan fingerprint density at radius 3 is 2.81 bits per heavy atom. The molecule has 0 saturated heterocycles. The van der Waals surface area contributed by atoms with Gasteiger partial charge in [-0.15, -0.1) is 11.3 Å². The predicted octanol–water partition coefficient (Wildman–Crippen LogP) is 2.36. The van der Waals surface area contributed by atoms with Crippen molar-refractivity contribution < 1.29 is 9.18 Å². The van der Waals surface area contributed by atoms with Crippen LogP contribution in [0.15, 0.2) is 23.6 Å². The lowest BCUT2D eigenvalue weighted by atomic mass is 10.1. The second-order valence-corrected chi connectivity index (χ2v) is 4.22. The summed E-state index contributed by atoms with van der Waals surface area (Å²) in [6.45, 7) is 1.68. The largest absolute Gasteiger partial charge is 0.364 e. The maximum atomic E-state index is 13.1. The van der Waals surface area contributed by atoms with Crippen LogP contribution in [-0.4, -0.2) is 10.9 Å². The van der Waals surface area contributed by atoms with Crippen LogP contribution in [0.3, 0.4) is 0 Å². The van der Waals surface area contributed by atoms with E-state index < -0.39 is 5.91 Å². The first kappa shape index (κ1) is 10.8. The highest BCUT2D eigenvalue weighted by atomic mass is 32.1. The molecule has 2 N–H and O–H groups in total. The van der Waals surface area contributed by atoms with E-state index in [1.807, 2.05) is 0 Å². The van der Waals surface area contributed by atoms with Crippen molar-refractivity contribution in [2.45, 2.75) is 6.92 Å². The molecule has 0 atom stereocenters. The number of nitrogens with zero attached hydrogens (tertiary/aromatic N) is 1. The molecule has 0 aliphatic heterocycles. The van der Waals surface area contributed by atoms with Crippen LogP contribution >= 0.6 is 11.3 Å². The molecule has 2 aromatic rings. The summed E-state index contributed by atoms with van der Waals surface area (Å²) >= 11 is 1.31. The van der Waals surface area contributed by atoms with Gasteiger partial charge in [0, 0.05) is 10.9 Å². The van der Waals surface area contributed by atoms with E-state index in [1.54, 1.807) is 24.4 Å². The molecule has 0 bridgehead atoms. The van der Waals surface area contributed by atoms with E-state index >= 15 is 0 Å². The lowest BCUT2D eigenvalue weighted by molar-refractivity contribution is 0.0996. The monoisotopic (exact) mass is 236 g/mol. The van der Waals surface area contributed by atoms with Gasteiger partial charge >= 0.3 is 0 Å². The Hall–Kier alpha value is -1.75.